The van der Waals surface area contributed by atoms with Gasteiger partial charge in [0.05, 0.1) is 17.1 Å². The van der Waals surface area contributed by atoms with Gasteiger partial charge in [-0.25, -0.2) is 4.98 Å². The maximum Gasteiger partial charge on any atom is 0.0716 e. The summed E-state index contributed by atoms with van der Waals surface area (Å²) >= 11 is 0. The van der Waals surface area contributed by atoms with Gasteiger partial charge in [0.25, 0.3) is 0 Å². The van der Waals surface area contributed by atoms with Crippen LogP contribution in [0, 0.1) is 0 Å². The molecule has 0 saturated heterocycles. The molecule has 300 valence electrons. The molecule has 2 heterocycles. The Kier molecular flexibility index (Phi) is 10.3. The molecule has 0 amide bonds. The van der Waals surface area contributed by atoms with Crippen molar-refractivity contribution < 1.29 is 0 Å². The summed E-state index contributed by atoms with van der Waals surface area (Å²) in [5.74, 6) is 0. The molecule has 0 unspecified atom stereocenters. The molecule has 0 aliphatic carbocycles. The van der Waals surface area contributed by atoms with Crippen LogP contribution < -0.4 is 0 Å². The van der Waals surface area contributed by atoms with Gasteiger partial charge in [-0.3, -0.25) is 4.98 Å². The quantitative estimate of drug-likeness (QED) is 0.145. The molecule has 2 heteroatoms. The third kappa shape index (κ3) is 8.04. The number of pyridine rings is 2. The molecule has 0 N–H and O–H groups in total. The Morgan fingerprint density at radius 2 is 0.500 bits per heavy atom. The Morgan fingerprint density at radius 1 is 0.188 bits per heavy atom. The van der Waals surface area contributed by atoms with Gasteiger partial charge in [-0.05, 0) is 139 Å². The minimum Gasteiger partial charge on any atom is -0.256 e. The van der Waals surface area contributed by atoms with Gasteiger partial charge in [-0.2, -0.15) is 0 Å². The summed E-state index contributed by atoms with van der Waals surface area (Å²) < 4.78 is 0. The van der Waals surface area contributed by atoms with Crippen molar-refractivity contribution in [3.63, 3.8) is 0 Å². The number of hydrogen-bond acceptors (Lipinski definition) is 2. The highest BCUT2D eigenvalue weighted by Gasteiger charge is 2.15. The summed E-state index contributed by atoms with van der Waals surface area (Å²) in [6.07, 6.45) is 1.97. The number of nitrogens with zero attached hydrogens (tertiary/aromatic N) is 2. The first-order chi connectivity index (χ1) is 31.7. The van der Waals surface area contributed by atoms with Crippen LogP contribution in [0.4, 0.5) is 0 Å². The molecule has 11 aromatic rings. The maximum absolute atomic E-state index is 5.54. The third-order valence-corrected chi connectivity index (χ3v) is 12.0. The van der Waals surface area contributed by atoms with Crippen molar-refractivity contribution in [3.8, 4) is 101 Å². The van der Waals surface area contributed by atoms with Gasteiger partial charge < -0.3 is 0 Å². The Morgan fingerprint density at radius 3 is 0.969 bits per heavy atom. The average Bonchev–Trinajstić information content (AvgIpc) is 3.39. The van der Waals surface area contributed by atoms with Crippen molar-refractivity contribution in [3.05, 3.63) is 255 Å². The molecule has 0 aliphatic rings. The lowest BCUT2D eigenvalue weighted by molar-refractivity contribution is 1.32. The Labute approximate surface area is 374 Å². The van der Waals surface area contributed by atoms with Crippen LogP contribution in [0.2, 0.25) is 0 Å². The number of hydrogen-bond donors (Lipinski definition) is 0. The predicted octanol–water partition coefficient (Wildman–Crippen LogP) is 16.6. The van der Waals surface area contributed by atoms with E-state index in [1.165, 1.54) is 27.6 Å². The smallest absolute Gasteiger partial charge is 0.0716 e. The van der Waals surface area contributed by atoms with E-state index in [4.69, 9.17) is 9.97 Å². The van der Waals surface area contributed by atoms with Crippen LogP contribution in [-0.2, 0) is 0 Å². The summed E-state index contributed by atoms with van der Waals surface area (Å²) in [7, 11) is 0. The summed E-state index contributed by atoms with van der Waals surface area (Å²) in [6, 6.07) is 88.9. The highest BCUT2D eigenvalue weighted by Crippen LogP contribution is 2.39. The van der Waals surface area contributed by atoms with E-state index in [2.05, 4.69) is 249 Å². The van der Waals surface area contributed by atoms with Crippen molar-refractivity contribution in [2.45, 2.75) is 0 Å². The fourth-order valence-corrected chi connectivity index (χ4v) is 8.71. The van der Waals surface area contributed by atoms with E-state index in [0.717, 1.165) is 83.7 Å². The zero-order valence-electron chi connectivity index (χ0n) is 35.1. The first kappa shape index (κ1) is 38.5. The normalized spacial score (nSPS) is 11.1. The monoisotopic (exact) mass is 814 g/mol. The molecule has 64 heavy (non-hydrogen) atoms. The fraction of sp³-hybridized carbons (Fsp3) is 0. The Bertz CT molecular complexity index is 3300. The number of rotatable bonds is 9. The van der Waals surface area contributed by atoms with E-state index in [9.17, 15) is 0 Å². The topological polar surface area (TPSA) is 25.8 Å². The molecule has 2 nitrogen and oxygen atoms in total. The van der Waals surface area contributed by atoms with E-state index in [1.54, 1.807) is 0 Å². The first-order valence-corrected chi connectivity index (χ1v) is 21.8. The van der Waals surface area contributed by atoms with Crippen molar-refractivity contribution in [2.75, 3.05) is 0 Å². The minimum absolute atomic E-state index is 0.900. The van der Waals surface area contributed by atoms with Crippen LogP contribution in [-0.4, -0.2) is 9.97 Å². The zero-order chi connectivity index (χ0) is 42.7. The van der Waals surface area contributed by atoms with Gasteiger partial charge >= 0.3 is 0 Å². The van der Waals surface area contributed by atoms with Crippen LogP contribution >= 0.6 is 0 Å². The van der Waals surface area contributed by atoms with E-state index in [0.29, 0.717) is 0 Å². The number of fused-ring (bicyclic) bond motifs is 1. The average molecular weight is 815 g/mol. The molecule has 0 saturated carbocycles. The summed E-state index contributed by atoms with van der Waals surface area (Å²) in [5.41, 5.74) is 19.7. The number of benzene rings is 9. The van der Waals surface area contributed by atoms with E-state index in [-0.39, 0.29) is 0 Å². The van der Waals surface area contributed by atoms with E-state index in [1.807, 2.05) is 6.20 Å². The minimum atomic E-state index is 0.900. The van der Waals surface area contributed by atoms with E-state index >= 15 is 0 Å². The second kappa shape index (κ2) is 17.1. The molecular weight excluding hydrogens is 773 g/mol. The van der Waals surface area contributed by atoms with Gasteiger partial charge in [0, 0.05) is 28.3 Å². The molecule has 2 aromatic heterocycles. The first-order valence-electron chi connectivity index (χ1n) is 21.8. The van der Waals surface area contributed by atoms with Crippen LogP contribution in [0.1, 0.15) is 0 Å². The zero-order valence-corrected chi connectivity index (χ0v) is 35.1. The SMILES string of the molecule is c1ccc(-c2cc(-c3ccccc3)cc(-c3cccc(-c4cc(-c5cccc(-c6cc7ccccc7cn6)c5)cc(-c5cc(-c6ccccc6)cc(-c6ccccc6)c5)n4)c3)c2)cc1. The van der Waals surface area contributed by atoms with Crippen molar-refractivity contribution in [1.29, 1.82) is 0 Å². The van der Waals surface area contributed by atoms with Crippen molar-refractivity contribution >= 4 is 10.8 Å². The van der Waals surface area contributed by atoms with Gasteiger partial charge in [0.2, 0.25) is 0 Å². The molecule has 0 radical (unpaired) electrons. The lowest BCUT2D eigenvalue weighted by Gasteiger charge is -2.15. The molecule has 0 spiro atoms. The fourth-order valence-electron chi connectivity index (χ4n) is 8.71. The summed E-state index contributed by atoms with van der Waals surface area (Å²) in [6.45, 7) is 0. The van der Waals surface area contributed by atoms with Crippen LogP contribution in [0.15, 0.2) is 255 Å². The van der Waals surface area contributed by atoms with Crippen LogP contribution in [0.25, 0.3) is 111 Å². The second-order valence-corrected chi connectivity index (χ2v) is 16.3. The van der Waals surface area contributed by atoms with Crippen LogP contribution in [0.5, 0.6) is 0 Å². The highest BCUT2D eigenvalue weighted by atomic mass is 14.7. The molecule has 0 atom stereocenters. The lowest BCUT2D eigenvalue weighted by atomic mass is 9.92. The molecule has 9 aromatic carbocycles. The third-order valence-electron chi connectivity index (χ3n) is 12.0. The van der Waals surface area contributed by atoms with Crippen LogP contribution in [0.3, 0.4) is 0 Å². The van der Waals surface area contributed by atoms with E-state index < -0.39 is 0 Å². The predicted molar refractivity (Wildman–Crippen MR) is 268 cm³/mol. The highest BCUT2D eigenvalue weighted by molar-refractivity contribution is 5.88. The summed E-state index contributed by atoms with van der Waals surface area (Å²) in [5, 5.41) is 2.30. The second-order valence-electron chi connectivity index (χ2n) is 16.3. The Hall–Kier alpha value is -8.46. The standard InChI is InChI=1S/C62H42N2/c1-5-17-43(18-6-1)53-33-54(44-19-7-2-8-20-44)36-57(35-53)47-27-16-30-51(32-47)61-40-58(48-28-15-29-50(31-48)60-39-49-25-13-14-26-52(49)42-63-60)41-62(64-61)59-37-55(45-21-9-3-10-22-45)34-56(38-59)46-23-11-4-12-24-46/h1-42H. The maximum atomic E-state index is 5.54. The molecule has 0 fully saturated rings. The molecule has 0 aliphatic heterocycles. The van der Waals surface area contributed by atoms with Crippen molar-refractivity contribution in [2.24, 2.45) is 0 Å². The van der Waals surface area contributed by atoms with Gasteiger partial charge in [0.15, 0.2) is 0 Å². The van der Waals surface area contributed by atoms with Gasteiger partial charge in [-0.15, -0.1) is 0 Å². The molecular formula is C62H42N2. The van der Waals surface area contributed by atoms with Gasteiger partial charge in [0.1, 0.15) is 0 Å². The van der Waals surface area contributed by atoms with Crippen molar-refractivity contribution in [1.82, 2.24) is 9.97 Å². The lowest BCUT2D eigenvalue weighted by Crippen LogP contribution is -1.94. The number of aromatic nitrogens is 2. The molecule has 0 bridgehead atoms. The summed E-state index contributed by atoms with van der Waals surface area (Å²) in [4.78, 5) is 10.4. The van der Waals surface area contributed by atoms with Gasteiger partial charge in [-0.1, -0.05) is 182 Å². The largest absolute Gasteiger partial charge is 0.256 e. The Balaban J connectivity index is 1.09. The molecule has 11 rings (SSSR count).